The summed E-state index contributed by atoms with van der Waals surface area (Å²) in [6.45, 7) is 2.46. The van der Waals surface area contributed by atoms with Crippen LogP contribution < -0.4 is 5.32 Å². The maximum absolute atomic E-state index is 12.9. The summed E-state index contributed by atoms with van der Waals surface area (Å²) < 4.78 is 28.0. The summed E-state index contributed by atoms with van der Waals surface area (Å²) in [5.74, 6) is -0.560. The van der Waals surface area contributed by atoms with Crippen molar-refractivity contribution < 1.29 is 13.2 Å². The zero-order valence-electron chi connectivity index (χ0n) is 14.8. The Kier molecular flexibility index (Phi) is 6.25. The number of sulfonamides is 1. The Labute approximate surface area is 172 Å². The third-order valence-electron chi connectivity index (χ3n) is 4.65. The van der Waals surface area contributed by atoms with Gasteiger partial charge in [0, 0.05) is 28.3 Å². The summed E-state index contributed by atoms with van der Waals surface area (Å²) in [5, 5.41) is 3.51. The van der Waals surface area contributed by atoms with Crippen LogP contribution in [0.4, 0.5) is 5.69 Å². The van der Waals surface area contributed by atoms with Crippen molar-refractivity contribution >= 4 is 49.1 Å². The summed E-state index contributed by atoms with van der Waals surface area (Å²) >= 11 is 9.26. The van der Waals surface area contributed by atoms with Crippen molar-refractivity contribution in [2.45, 2.75) is 24.7 Å². The van der Waals surface area contributed by atoms with Gasteiger partial charge in [-0.25, -0.2) is 8.42 Å². The second kappa shape index (κ2) is 8.31. The van der Waals surface area contributed by atoms with E-state index in [1.54, 1.807) is 42.5 Å². The molecule has 1 N–H and O–H groups in total. The number of hydrogen-bond acceptors (Lipinski definition) is 3. The third kappa shape index (κ3) is 4.71. The van der Waals surface area contributed by atoms with Crippen LogP contribution in [-0.2, 0) is 14.8 Å². The molecule has 0 spiro atoms. The van der Waals surface area contributed by atoms with E-state index in [9.17, 15) is 13.2 Å². The van der Waals surface area contributed by atoms with Gasteiger partial charge in [-0.3, -0.25) is 4.79 Å². The van der Waals surface area contributed by atoms with Gasteiger partial charge in [0.2, 0.25) is 15.9 Å². The Morgan fingerprint density at radius 3 is 2.59 bits per heavy atom. The fourth-order valence-corrected chi connectivity index (χ4v) is 5.15. The Bertz CT molecular complexity index is 948. The van der Waals surface area contributed by atoms with Gasteiger partial charge in [0.15, 0.2) is 0 Å². The highest BCUT2D eigenvalue weighted by Gasteiger charge is 2.33. The molecule has 27 heavy (non-hydrogen) atoms. The van der Waals surface area contributed by atoms with Gasteiger partial charge in [0.25, 0.3) is 0 Å². The van der Waals surface area contributed by atoms with Crippen LogP contribution in [-0.4, -0.2) is 31.7 Å². The molecule has 1 fully saturated rings. The molecule has 3 rings (SSSR count). The predicted molar refractivity (Wildman–Crippen MR) is 110 cm³/mol. The van der Waals surface area contributed by atoms with E-state index in [-0.39, 0.29) is 23.3 Å². The van der Waals surface area contributed by atoms with Crippen molar-refractivity contribution in [1.29, 1.82) is 0 Å². The quantitative estimate of drug-likeness (QED) is 0.716. The number of piperidine rings is 1. The van der Waals surface area contributed by atoms with Crippen molar-refractivity contribution in [3.05, 3.63) is 57.5 Å². The van der Waals surface area contributed by atoms with Gasteiger partial charge in [0.05, 0.1) is 10.8 Å². The SMILES string of the molecule is Cc1cc(Cl)ccc1NC(=O)C1CCCN(S(=O)(=O)c2ccc(Br)cc2)C1. The van der Waals surface area contributed by atoms with Gasteiger partial charge in [-0.05, 0) is 67.8 Å². The summed E-state index contributed by atoms with van der Waals surface area (Å²) in [4.78, 5) is 12.9. The first-order chi connectivity index (χ1) is 12.8. The van der Waals surface area contributed by atoms with Crippen molar-refractivity contribution in [3.8, 4) is 0 Å². The standard InChI is InChI=1S/C19H20BrClN2O3S/c1-13-11-16(21)6-9-18(13)22-19(24)14-3-2-10-23(12-14)27(25,26)17-7-4-15(20)5-8-17/h4-9,11,14H,2-3,10,12H2,1H3,(H,22,24). The Hall–Kier alpha value is -1.41. The fraction of sp³-hybridized carbons (Fsp3) is 0.316. The van der Waals surface area contributed by atoms with Crippen LogP contribution in [0.15, 0.2) is 51.8 Å². The maximum Gasteiger partial charge on any atom is 0.243 e. The van der Waals surface area contributed by atoms with E-state index >= 15 is 0 Å². The molecule has 1 heterocycles. The molecule has 144 valence electrons. The lowest BCUT2D eigenvalue weighted by Gasteiger charge is -2.31. The highest BCUT2D eigenvalue weighted by molar-refractivity contribution is 9.10. The van der Waals surface area contributed by atoms with Crippen molar-refractivity contribution in [2.75, 3.05) is 18.4 Å². The van der Waals surface area contributed by atoms with Gasteiger partial charge >= 0.3 is 0 Å². The zero-order chi connectivity index (χ0) is 19.6. The van der Waals surface area contributed by atoms with E-state index < -0.39 is 10.0 Å². The first kappa shape index (κ1) is 20.3. The normalized spacial score (nSPS) is 18.3. The van der Waals surface area contributed by atoms with Crippen LogP contribution in [0.3, 0.4) is 0 Å². The molecule has 1 saturated heterocycles. The van der Waals surface area contributed by atoms with Crippen LogP contribution >= 0.6 is 27.5 Å². The first-order valence-electron chi connectivity index (χ1n) is 8.60. The molecule has 0 radical (unpaired) electrons. The summed E-state index contributed by atoms with van der Waals surface area (Å²) in [7, 11) is -3.62. The second-order valence-corrected chi connectivity index (χ2v) is 9.89. The number of hydrogen-bond donors (Lipinski definition) is 1. The van der Waals surface area contributed by atoms with Gasteiger partial charge in [0.1, 0.15) is 0 Å². The molecule has 1 aliphatic heterocycles. The van der Waals surface area contributed by atoms with Crippen LogP contribution in [0.1, 0.15) is 18.4 Å². The molecule has 1 unspecified atom stereocenters. The van der Waals surface area contributed by atoms with Crippen LogP contribution in [0.5, 0.6) is 0 Å². The van der Waals surface area contributed by atoms with Gasteiger partial charge in [-0.15, -0.1) is 0 Å². The minimum absolute atomic E-state index is 0.170. The molecule has 0 aliphatic carbocycles. The summed E-state index contributed by atoms with van der Waals surface area (Å²) in [6.07, 6.45) is 1.30. The molecular formula is C19H20BrClN2O3S. The van der Waals surface area contributed by atoms with Crippen molar-refractivity contribution in [3.63, 3.8) is 0 Å². The zero-order valence-corrected chi connectivity index (χ0v) is 17.9. The topological polar surface area (TPSA) is 66.5 Å². The highest BCUT2D eigenvalue weighted by Crippen LogP contribution is 2.26. The molecule has 1 atom stereocenters. The molecule has 0 bridgehead atoms. The van der Waals surface area contributed by atoms with E-state index in [4.69, 9.17) is 11.6 Å². The average molecular weight is 472 g/mol. The number of amides is 1. The second-order valence-electron chi connectivity index (χ2n) is 6.60. The van der Waals surface area contributed by atoms with Crippen LogP contribution in [0, 0.1) is 12.8 Å². The van der Waals surface area contributed by atoms with Crippen molar-refractivity contribution in [2.24, 2.45) is 5.92 Å². The van der Waals surface area contributed by atoms with E-state index in [1.165, 1.54) is 4.31 Å². The monoisotopic (exact) mass is 470 g/mol. The van der Waals surface area contributed by atoms with E-state index in [1.807, 2.05) is 6.92 Å². The largest absolute Gasteiger partial charge is 0.326 e. The maximum atomic E-state index is 12.9. The Morgan fingerprint density at radius 1 is 1.22 bits per heavy atom. The molecule has 1 aliphatic rings. The first-order valence-corrected chi connectivity index (χ1v) is 11.2. The number of carbonyl (C=O) groups excluding carboxylic acids is 1. The molecule has 2 aromatic carbocycles. The van der Waals surface area contributed by atoms with Crippen LogP contribution in [0.2, 0.25) is 5.02 Å². The van der Waals surface area contributed by atoms with E-state index in [2.05, 4.69) is 21.2 Å². The Morgan fingerprint density at radius 2 is 1.93 bits per heavy atom. The lowest BCUT2D eigenvalue weighted by atomic mass is 9.98. The number of nitrogens with zero attached hydrogens (tertiary/aromatic N) is 1. The lowest BCUT2D eigenvalue weighted by Crippen LogP contribution is -2.43. The minimum Gasteiger partial charge on any atom is -0.326 e. The molecule has 1 amide bonds. The summed E-state index contributed by atoms with van der Waals surface area (Å²) in [6, 6.07) is 11.8. The van der Waals surface area contributed by atoms with E-state index in [0.717, 1.165) is 10.0 Å². The molecule has 2 aromatic rings. The number of nitrogens with one attached hydrogen (secondary N) is 1. The molecular weight excluding hydrogens is 452 g/mol. The fourth-order valence-electron chi connectivity index (χ4n) is 3.13. The number of aryl methyl sites for hydroxylation is 1. The third-order valence-corrected chi connectivity index (χ3v) is 7.30. The van der Waals surface area contributed by atoms with Gasteiger partial charge in [-0.1, -0.05) is 27.5 Å². The highest BCUT2D eigenvalue weighted by atomic mass is 79.9. The number of anilines is 1. The number of benzene rings is 2. The van der Waals surface area contributed by atoms with E-state index in [0.29, 0.717) is 30.1 Å². The summed E-state index contributed by atoms with van der Waals surface area (Å²) in [5.41, 5.74) is 1.56. The van der Waals surface area contributed by atoms with Crippen LogP contribution in [0.25, 0.3) is 0 Å². The molecule has 0 saturated carbocycles. The number of rotatable bonds is 4. The lowest BCUT2D eigenvalue weighted by molar-refractivity contribution is -0.120. The average Bonchev–Trinajstić information content (AvgIpc) is 2.64. The molecule has 5 nitrogen and oxygen atoms in total. The van der Waals surface area contributed by atoms with Crippen molar-refractivity contribution in [1.82, 2.24) is 4.31 Å². The number of carbonyl (C=O) groups is 1. The molecule has 8 heteroatoms. The smallest absolute Gasteiger partial charge is 0.243 e. The number of halogens is 2. The van der Waals surface area contributed by atoms with Gasteiger partial charge in [-0.2, -0.15) is 4.31 Å². The van der Waals surface area contributed by atoms with Gasteiger partial charge < -0.3 is 5.32 Å². The minimum atomic E-state index is -3.62. The molecule has 0 aromatic heterocycles. The predicted octanol–water partition coefficient (Wildman–Crippen LogP) is 4.45. The Balaban J connectivity index is 1.73.